The van der Waals surface area contributed by atoms with E-state index in [2.05, 4.69) is 54.1 Å². The van der Waals surface area contributed by atoms with Gasteiger partial charge in [0.25, 0.3) is 5.91 Å². The lowest BCUT2D eigenvalue weighted by molar-refractivity contribution is 0.0951. The number of halogens is 4. The third-order valence-electron chi connectivity index (χ3n) is 3.59. The number of nitrogens with one attached hydrogen (secondary N) is 2. The van der Waals surface area contributed by atoms with E-state index in [4.69, 9.17) is 0 Å². The number of nitrogens with zero attached hydrogens (tertiary/aromatic N) is 1. The Balaban J connectivity index is 1.70. The second-order valence-electron chi connectivity index (χ2n) is 5.54. The topological polar surface area (TPSA) is 54.0 Å². The third kappa shape index (κ3) is 5.45. The Morgan fingerprint density at radius 2 is 1.96 bits per heavy atom. The Hall–Kier alpha value is -1.59. The molecule has 4 nitrogen and oxygen atoms in total. The van der Waals surface area contributed by atoms with Crippen molar-refractivity contribution in [3.63, 3.8) is 0 Å². The van der Waals surface area contributed by atoms with E-state index < -0.39 is 11.6 Å². The van der Waals surface area contributed by atoms with Crippen LogP contribution in [0, 0.1) is 15.2 Å². The lowest BCUT2D eigenvalue weighted by atomic mass is 10.2. The zero-order valence-corrected chi connectivity index (χ0v) is 18.3. The molecule has 0 aliphatic heterocycles. The Morgan fingerprint density at radius 3 is 2.67 bits per heavy atom. The lowest BCUT2D eigenvalue weighted by Crippen LogP contribution is -2.24. The number of anilines is 1. The molecule has 0 unspecified atom stereocenters. The zero-order chi connectivity index (χ0) is 19.4. The zero-order valence-electron chi connectivity index (χ0n) is 13.7. The molecule has 0 atom stereocenters. The van der Waals surface area contributed by atoms with E-state index >= 15 is 0 Å². The summed E-state index contributed by atoms with van der Waals surface area (Å²) in [5.41, 5.74) is 0.860. The molecule has 3 aromatic rings. The standard InChI is InChI=1S/C18H13BrF2IN3OS/c19-16-4-2-12(27-16)9-24-17-13(6-11(22)8-23-17)18(26)25-7-10-1-3-14(20)15(21)5-10/h1-6,8H,7,9H2,(H,23,24)(H,25,26). The molecule has 0 bridgehead atoms. The molecule has 2 N–H and O–H groups in total. The first-order chi connectivity index (χ1) is 12.9. The molecule has 0 saturated carbocycles. The summed E-state index contributed by atoms with van der Waals surface area (Å²) >= 11 is 7.09. The first-order valence-electron chi connectivity index (χ1n) is 7.78. The quantitative estimate of drug-likeness (QED) is 0.399. The highest BCUT2D eigenvalue weighted by Gasteiger charge is 2.14. The van der Waals surface area contributed by atoms with Gasteiger partial charge in [-0.05, 0) is 74.4 Å². The molecule has 2 aromatic heterocycles. The van der Waals surface area contributed by atoms with Crippen LogP contribution in [0.5, 0.6) is 0 Å². The number of benzene rings is 1. The number of amides is 1. The highest BCUT2D eigenvalue weighted by molar-refractivity contribution is 14.1. The molecule has 0 radical (unpaired) electrons. The summed E-state index contributed by atoms with van der Waals surface area (Å²) in [7, 11) is 0. The summed E-state index contributed by atoms with van der Waals surface area (Å²) in [5.74, 6) is -1.75. The SMILES string of the molecule is O=C(NCc1ccc(F)c(F)c1)c1cc(I)cnc1NCc1ccc(Br)s1. The van der Waals surface area contributed by atoms with Gasteiger partial charge in [0, 0.05) is 21.2 Å². The monoisotopic (exact) mass is 563 g/mol. The number of thiophene rings is 1. The molecule has 0 fully saturated rings. The summed E-state index contributed by atoms with van der Waals surface area (Å²) in [5, 5.41) is 5.89. The van der Waals surface area contributed by atoms with E-state index in [0.717, 1.165) is 24.4 Å². The van der Waals surface area contributed by atoms with Crippen LogP contribution in [0.1, 0.15) is 20.8 Å². The molecule has 1 aromatic carbocycles. The average Bonchev–Trinajstić information content (AvgIpc) is 3.06. The second-order valence-corrected chi connectivity index (χ2v) is 9.33. The van der Waals surface area contributed by atoms with Gasteiger partial charge in [0.1, 0.15) is 5.82 Å². The van der Waals surface area contributed by atoms with E-state index in [1.807, 2.05) is 12.1 Å². The van der Waals surface area contributed by atoms with Crippen LogP contribution in [0.25, 0.3) is 0 Å². The molecule has 0 spiro atoms. The van der Waals surface area contributed by atoms with Crippen LogP contribution in [0.3, 0.4) is 0 Å². The summed E-state index contributed by atoms with van der Waals surface area (Å²) < 4.78 is 28.1. The molecule has 140 valence electrons. The number of hydrogen-bond donors (Lipinski definition) is 2. The fourth-order valence-corrected chi connectivity index (χ4v) is 4.17. The second kappa shape index (κ2) is 9.07. The molecule has 3 rings (SSSR count). The van der Waals surface area contributed by atoms with Crippen LogP contribution in [-0.2, 0) is 13.1 Å². The molecule has 9 heteroatoms. The molecule has 27 heavy (non-hydrogen) atoms. The van der Waals surface area contributed by atoms with Crippen molar-refractivity contribution in [2.24, 2.45) is 0 Å². The van der Waals surface area contributed by atoms with Gasteiger partial charge in [0.2, 0.25) is 0 Å². The maximum Gasteiger partial charge on any atom is 0.255 e. The van der Waals surface area contributed by atoms with Crippen molar-refractivity contribution in [1.29, 1.82) is 0 Å². The van der Waals surface area contributed by atoms with Crippen LogP contribution < -0.4 is 10.6 Å². The summed E-state index contributed by atoms with van der Waals surface area (Å²) in [6.45, 7) is 0.617. The predicted molar refractivity (Wildman–Crippen MR) is 114 cm³/mol. The van der Waals surface area contributed by atoms with Crippen LogP contribution in [0.4, 0.5) is 14.6 Å². The van der Waals surface area contributed by atoms with Gasteiger partial charge in [-0.25, -0.2) is 13.8 Å². The first kappa shape index (κ1) is 20.2. The Labute approximate surface area is 180 Å². The number of carbonyl (C=O) groups excluding carboxylic acids is 1. The number of aromatic nitrogens is 1. The number of hydrogen-bond acceptors (Lipinski definition) is 4. The summed E-state index contributed by atoms with van der Waals surface area (Å²) in [4.78, 5) is 18.0. The molecule has 0 aliphatic carbocycles. The van der Waals surface area contributed by atoms with Gasteiger partial charge >= 0.3 is 0 Å². The molecule has 0 aliphatic rings. The van der Waals surface area contributed by atoms with E-state index in [1.165, 1.54) is 6.07 Å². The van der Waals surface area contributed by atoms with Crippen LogP contribution in [-0.4, -0.2) is 10.9 Å². The minimum absolute atomic E-state index is 0.0822. The van der Waals surface area contributed by atoms with E-state index in [1.54, 1.807) is 23.6 Å². The first-order valence-corrected chi connectivity index (χ1v) is 10.5. The molecule has 1 amide bonds. The van der Waals surface area contributed by atoms with Gasteiger partial charge in [-0.2, -0.15) is 0 Å². The Bertz CT molecular complexity index is 983. The van der Waals surface area contributed by atoms with Crippen molar-refractivity contribution in [2.75, 3.05) is 5.32 Å². The Morgan fingerprint density at radius 1 is 1.15 bits per heavy atom. The van der Waals surface area contributed by atoms with Crippen molar-refractivity contribution in [1.82, 2.24) is 10.3 Å². The molecule has 2 heterocycles. The number of rotatable bonds is 6. The third-order valence-corrected chi connectivity index (χ3v) is 5.81. The van der Waals surface area contributed by atoms with Crippen LogP contribution in [0.15, 0.2) is 46.4 Å². The van der Waals surface area contributed by atoms with E-state index in [-0.39, 0.29) is 12.5 Å². The average molecular weight is 564 g/mol. The van der Waals surface area contributed by atoms with E-state index in [9.17, 15) is 13.6 Å². The maximum atomic E-state index is 13.3. The van der Waals surface area contributed by atoms with Gasteiger partial charge < -0.3 is 10.6 Å². The minimum atomic E-state index is -0.942. The number of carbonyl (C=O) groups is 1. The van der Waals surface area contributed by atoms with Crippen molar-refractivity contribution >= 4 is 61.6 Å². The van der Waals surface area contributed by atoms with Crippen molar-refractivity contribution in [2.45, 2.75) is 13.1 Å². The lowest BCUT2D eigenvalue weighted by Gasteiger charge is -2.11. The van der Waals surface area contributed by atoms with Crippen LogP contribution in [0.2, 0.25) is 0 Å². The molecular weight excluding hydrogens is 551 g/mol. The van der Waals surface area contributed by atoms with Gasteiger partial charge in [0.05, 0.1) is 15.9 Å². The normalized spacial score (nSPS) is 10.7. The highest BCUT2D eigenvalue weighted by Crippen LogP contribution is 2.23. The van der Waals surface area contributed by atoms with Crippen LogP contribution >= 0.6 is 49.9 Å². The Kier molecular flexibility index (Phi) is 6.77. The molecular formula is C18H13BrF2IN3OS. The summed E-state index contributed by atoms with van der Waals surface area (Å²) in [6.07, 6.45) is 1.67. The van der Waals surface area contributed by atoms with Gasteiger partial charge in [0.15, 0.2) is 11.6 Å². The smallest absolute Gasteiger partial charge is 0.255 e. The fraction of sp³-hybridized carbons (Fsp3) is 0.111. The van der Waals surface area contributed by atoms with Crippen molar-refractivity contribution < 1.29 is 13.6 Å². The largest absolute Gasteiger partial charge is 0.365 e. The van der Waals surface area contributed by atoms with Gasteiger partial charge in [-0.15, -0.1) is 11.3 Å². The predicted octanol–water partition coefficient (Wildman–Crippen LogP) is 5.33. The highest BCUT2D eigenvalue weighted by atomic mass is 127. The van der Waals surface area contributed by atoms with Gasteiger partial charge in [-0.3, -0.25) is 4.79 Å². The fourth-order valence-electron chi connectivity index (χ4n) is 2.30. The van der Waals surface area contributed by atoms with Crippen molar-refractivity contribution in [3.8, 4) is 0 Å². The maximum absolute atomic E-state index is 13.3. The number of pyridine rings is 1. The molecule has 0 saturated heterocycles. The summed E-state index contributed by atoms with van der Waals surface area (Å²) in [6, 6.07) is 9.20. The van der Waals surface area contributed by atoms with Gasteiger partial charge in [-0.1, -0.05) is 6.07 Å². The van der Waals surface area contributed by atoms with E-state index in [0.29, 0.717) is 23.5 Å². The minimum Gasteiger partial charge on any atom is -0.365 e. The van der Waals surface area contributed by atoms with Crippen molar-refractivity contribution in [3.05, 3.63) is 77.6 Å².